The van der Waals surface area contributed by atoms with E-state index in [0.29, 0.717) is 6.54 Å². The molecule has 1 aromatic carbocycles. The molecule has 1 saturated heterocycles. The summed E-state index contributed by atoms with van der Waals surface area (Å²) in [6, 6.07) is 8.88. The molecule has 1 aliphatic rings. The predicted molar refractivity (Wildman–Crippen MR) is 89.5 cm³/mol. The summed E-state index contributed by atoms with van der Waals surface area (Å²) in [6.45, 7) is -0.102. The quantitative estimate of drug-likeness (QED) is 0.870. The monoisotopic (exact) mass is 352 g/mol. The summed E-state index contributed by atoms with van der Waals surface area (Å²) in [5.74, 6) is -2.39. The molecule has 1 aliphatic heterocycles. The summed E-state index contributed by atoms with van der Waals surface area (Å²) in [7, 11) is 1.62. The van der Waals surface area contributed by atoms with E-state index in [1.807, 2.05) is 35.7 Å². The van der Waals surface area contributed by atoms with Crippen LogP contribution in [0.3, 0.4) is 0 Å². The van der Waals surface area contributed by atoms with Crippen molar-refractivity contribution in [1.29, 1.82) is 0 Å². The molecule has 0 aliphatic carbocycles. The van der Waals surface area contributed by atoms with Gasteiger partial charge in [0.05, 0.1) is 26.2 Å². The lowest BCUT2D eigenvalue weighted by molar-refractivity contribution is -0.123. The number of nitrogens with one attached hydrogen (secondary N) is 2. The fourth-order valence-corrected chi connectivity index (χ4v) is 3.44. The van der Waals surface area contributed by atoms with Gasteiger partial charge in [-0.2, -0.15) is 0 Å². The summed E-state index contributed by atoms with van der Waals surface area (Å²) >= 11 is 1.52. The van der Waals surface area contributed by atoms with Crippen LogP contribution in [0, 0.1) is 0 Å². The average molecular weight is 352 g/mol. The number of methoxy groups -OCH3 is 1. The molecule has 1 atom stereocenters. The maximum atomic E-state index is 13.1. The number of thiophene rings is 1. The van der Waals surface area contributed by atoms with Crippen LogP contribution in [-0.2, 0) is 11.3 Å². The number of rotatable bonds is 5. The molecule has 1 aromatic heterocycles. The summed E-state index contributed by atoms with van der Waals surface area (Å²) in [5, 5.41) is 7.28. The summed E-state index contributed by atoms with van der Waals surface area (Å²) < 4.78 is 31.4. The van der Waals surface area contributed by atoms with Crippen LogP contribution < -0.4 is 15.4 Å². The molecule has 2 N–H and O–H groups in total. The van der Waals surface area contributed by atoms with Gasteiger partial charge in [0, 0.05) is 11.3 Å². The molecule has 1 amide bonds. The number of carbonyl (C=O) groups excluding carboxylic acids is 1. The molecule has 2 aromatic rings. The zero-order valence-corrected chi connectivity index (χ0v) is 14.0. The third kappa shape index (κ3) is 3.91. The van der Waals surface area contributed by atoms with Gasteiger partial charge in [-0.25, -0.2) is 8.78 Å². The maximum Gasteiger partial charge on any atom is 0.262 e. The first-order valence-corrected chi connectivity index (χ1v) is 8.45. The molecule has 0 saturated carbocycles. The Labute approximate surface area is 142 Å². The van der Waals surface area contributed by atoms with Crippen molar-refractivity contribution in [2.75, 3.05) is 13.7 Å². The van der Waals surface area contributed by atoms with Crippen LogP contribution in [0.4, 0.5) is 8.78 Å². The van der Waals surface area contributed by atoms with Crippen LogP contribution in [0.15, 0.2) is 35.7 Å². The molecule has 0 spiro atoms. The van der Waals surface area contributed by atoms with Crippen LogP contribution in [0.1, 0.15) is 11.3 Å². The Balaban J connectivity index is 1.57. The predicted octanol–water partition coefficient (Wildman–Crippen LogP) is 3.04. The Morgan fingerprint density at radius 2 is 2.12 bits per heavy atom. The maximum absolute atomic E-state index is 13.1. The Hall–Kier alpha value is -1.99. The van der Waals surface area contributed by atoms with Crippen molar-refractivity contribution in [3.8, 4) is 16.9 Å². The molecule has 1 fully saturated rings. The van der Waals surface area contributed by atoms with Gasteiger partial charge in [-0.05, 0) is 34.7 Å². The molecule has 3 rings (SSSR count). The van der Waals surface area contributed by atoms with Crippen LogP contribution in [0.25, 0.3) is 11.1 Å². The first-order valence-electron chi connectivity index (χ1n) is 7.58. The van der Waals surface area contributed by atoms with E-state index < -0.39 is 24.9 Å². The van der Waals surface area contributed by atoms with Gasteiger partial charge in [0.1, 0.15) is 5.75 Å². The van der Waals surface area contributed by atoms with Crippen LogP contribution >= 0.6 is 11.3 Å². The van der Waals surface area contributed by atoms with E-state index in [1.54, 1.807) is 7.11 Å². The van der Waals surface area contributed by atoms with Gasteiger partial charge in [-0.3, -0.25) is 10.1 Å². The number of ether oxygens (including phenoxy) is 1. The van der Waals surface area contributed by atoms with Crippen molar-refractivity contribution < 1.29 is 18.3 Å². The fourth-order valence-electron chi connectivity index (χ4n) is 2.61. The number of benzene rings is 1. The lowest BCUT2D eigenvalue weighted by Gasteiger charge is -2.10. The lowest BCUT2D eigenvalue weighted by atomic mass is 10.1. The van der Waals surface area contributed by atoms with E-state index >= 15 is 0 Å². The van der Waals surface area contributed by atoms with Gasteiger partial charge in [-0.15, -0.1) is 11.3 Å². The molecule has 128 valence electrons. The van der Waals surface area contributed by atoms with Crippen molar-refractivity contribution in [3.63, 3.8) is 0 Å². The fraction of sp³-hybridized carbons (Fsp3) is 0.353. The number of carbonyl (C=O) groups is 1. The highest BCUT2D eigenvalue weighted by Gasteiger charge is 2.42. The Morgan fingerprint density at radius 3 is 2.75 bits per heavy atom. The number of hydrogen-bond donors (Lipinski definition) is 2. The summed E-state index contributed by atoms with van der Waals surface area (Å²) in [6.07, 6.45) is -0.444. The zero-order valence-electron chi connectivity index (χ0n) is 13.1. The molecule has 1 unspecified atom stereocenters. The van der Waals surface area contributed by atoms with E-state index in [0.717, 1.165) is 21.8 Å². The molecule has 24 heavy (non-hydrogen) atoms. The standard InChI is InChI=1S/C17H18F2N2O2S/c1-23-13-4-2-11(3-5-13)12-6-14(24-9-12)8-20-16(22)15-7-17(18,19)10-21-15/h2-6,9,15,21H,7-8,10H2,1H3,(H,20,22). The molecule has 0 radical (unpaired) electrons. The normalized spacial score (nSPS) is 19.2. The minimum atomic E-state index is -2.80. The van der Waals surface area contributed by atoms with Crippen molar-refractivity contribution in [3.05, 3.63) is 40.6 Å². The highest BCUT2D eigenvalue weighted by molar-refractivity contribution is 7.10. The Bertz CT molecular complexity index is 716. The van der Waals surface area contributed by atoms with Crippen molar-refractivity contribution in [2.45, 2.75) is 24.9 Å². The second-order valence-corrected chi connectivity index (χ2v) is 6.74. The van der Waals surface area contributed by atoms with E-state index in [-0.39, 0.29) is 5.91 Å². The number of amides is 1. The molecule has 2 heterocycles. The van der Waals surface area contributed by atoms with Crippen LogP contribution in [0.2, 0.25) is 0 Å². The second-order valence-electron chi connectivity index (χ2n) is 5.74. The van der Waals surface area contributed by atoms with Gasteiger partial charge >= 0.3 is 0 Å². The summed E-state index contributed by atoms with van der Waals surface area (Å²) in [5.41, 5.74) is 2.11. The largest absolute Gasteiger partial charge is 0.497 e. The number of alkyl halides is 2. The molecule has 7 heteroatoms. The SMILES string of the molecule is COc1ccc(-c2csc(CNC(=O)C3CC(F)(F)CN3)c2)cc1. The van der Waals surface area contributed by atoms with Gasteiger partial charge < -0.3 is 10.1 Å². The zero-order chi connectivity index (χ0) is 17.2. The van der Waals surface area contributed by atoms with Crippen LogP contribution in [-0.4, -0.2) is 31.5 Å². The third-order valence-electron chi connectivity index (χ3n) is 3.94. The highest BCUT2D eigenvalue weighted by atomic mass is 32.1. The second kappa shape index (κ2) is 6.86. The molecular weight excluding hydrogens is 334 g/mol. The van der Waals surface area contributed by atoms with Gasteiger partial charge in [0.2, 0.25) is 5.91 Å². The Morgan fingerprint density at radius 1 is 1.38 bits per heavy atom. The third-order valence-corrected chi connectivity index (χ3v) is 4.88. The first-order chi connectivity index (χ1) is 11.5. The van der Waals surface area contributed by atoms with E-state index in [1.165, 1.54) is 11.3 Å². The highest BCUT2D eigenvalue weighted by Crippen LogP contribution is 2.28. The van der Waals surface area contributed by atoms with Crippen molar-refractivity contribution in [2.24, 2.45) is 0 Å². The van der Waals surface area contributed by atoms with Crippen molar-refractivity contribution in [1.82, 2.24) is 10.6 Å². The van der Waals surface area contributed by atoms with Crippen molar-refractivity contribution >= 4 is 17.2 Å². The molecule has 0 bridgehead atoms. The summed E-state index contributed by atoms with van der Waals surface area (Å²) in [4.78, 5) is 12.9. The first kappa shape index (κ1) is 16.9. The molecule has 4 nitrogen and oxygen atoms in total. The van der Waals surface area contributed by atoms with Gasteiger partial charge in [0.15, 0.2) is 0 Å². The number of hydrogen-bond acceptors (Lipinski definition) is 4. The van der Waals surface area contributed by atoms with Gasteiger partial charge in [-0.1, -0.05) is 12.1 Å². The van der Waals surface area contributed by atoms with Gasteiger partial charge in [0.25, 0.3) is 5.92 Å². The topological polar surface area (TPSA) is 50.4 Å². The molecular formula is C17H18F2N2O2S. The Kier molecular flexibility index (Phi) is 4.82. The van der Waals surface area contributed by atoms with Crippen LogP contribution in [0.5, 0.6) is 5.75 Å². The van der Waals surface area contributed by atoms with E-state index in [9.17, 15) is 13.6 Å². The smallest absolute Gasteiger partial charge is 0.262 e. The minimum absolute atomic E-state index is 0.337. The average Bonchev–Trinajstić information content (AvgIpc) is 3.19. The lowest BCUT2D eigenvalue weighted by Crippen LogP contribution is -2.39. The number of halogens is 2. The van der Waals surface area contributed by atoms with E-state index in [2.05, 4.69) is 10.6 Å². The minimum Gasteiger partial charge on any atom is -0.497 e. The van der Waals surface area contributed by atoms with E-state index in [4.69, 9.17) is 4.74 Å².